The van der Waals surface area contributed by atoms with Crippen LogP contribution in [0.1, 0.15) is 25.0 Å². The highest BCUT2D eigenvalue weighted by Gasteiger charge is 2.64. The fraction of sp³-hybridized carbons (Fsp3) is 0.407. The van der Waals surface area contributed by atoms with Crippen molar-refractivity contribution in [3.05, 3.63) is 53.6 Å². The first kappa shape index (κ1) is 27.3. The smallest absolute Gasteiger partial charge is 0.432 e. The Labute approximate surface area is 217 Å². The number of alkyl halides is 3. The van der Waals surface area contributed by atoms with Crippen molar-refractivity contribution in [2.24, 2.45) is 5.92 Å². The Kier molecular flexibility index (Phi) is 7.59. The van der Waals surface area contributed by atoms with Gasteiger partial charge in [0.15, 0.2) is 11.5 Å². The third-order valence-corrected chi connectivity index (χ3v) is 6.48. The number of esters is 1. The first-order valence-corrected chi connectivity index (χ1v) is 11.8. The van der Waals surface area contributed by atoms with Crippen molar-refractivity contribution < 1.29 is 46.4 Å². The summed E-state index contributed by atoms with van der Waals surface area (Å²) in [5, 5.41) is 0.576. The maximum absolute atomic E-state index is 14.4. The number of carbonyl (C=O) groups is 1. The van der Waals surface area contributed by atoms with Gasteiger partial charge < -0.3 is 28.4 Å². The Morgan fingerprint density at radius 1 is 1.03 bits per heavy atom. The summed E-state index contributed by atoms with van der Waals surface area (Å²) >= 11 is 0. The molecular weight excluding hydrogens is 507 g/mol. The second-order valence-corrected chi connectivity index (χ2v) is 8.97. The van der Waals surface area contributed by atoms with E-state index < -0.39 is 23.9 Å². The van der Waals surface area contributed by atoms with Crippen molar-refractivity contribution in [2.75, 3.05) is 28.1 Å². The van der Waals surface area contributed by atoms with Gasteiger partial charge in [-0.25, -0.2) is 9.78 Å². The highest BCUT2D eigenvalue weighted by atomic mass is 19.4. The van der Waals surface area contributed by atoms with E-state index in [0.29, 0.717) is 33.7 Å². The van der Waals surface area contributed by atoms with Crippen molar-refractivity contribution in [3.63, 3.8) is 0 Å². The molecule has 11 heteroatoms. The Morgan fingerprint density at radius 3 is 2.32 bits per heavy atom. The summed E-state index contributed by atoms with van der Waals surface area (Å²) in [5.41, 5.74) is -2.84. The molecule has 38 heavy (non-hydrogen) atoms. The third-order valence-electron chi connectivity index (χ3n) is 6.48. The van der Waals surface area contributed by atoms with Gasteiger partial charge >= 0.3 is 12.1 Å². The summed E-state index contributed by atoms with van der Waals surface area (Å²) in [4.78, 5) is 17.9. The zero-order chi connectivity index (χ0) is 27.7. The monoisotopic (exact) mass is 535 g/mol. The SMILES string of the molecule is COc1nc2c3c(ccc2c(OC)c1C[C@@H](OC(=O)[C@](OC)(c1ccccc1)C(F)(F)F)C(C)C)OCO3. The molecule has 3 aromatic rings. The minimum Gasteiger partial charge on any atom is -0.496 e. The van der Waals surface area contributed by atoms with E-state index in [9.17, 15) is 18.0 Å². The number of aromatic nitrogens is 1. The van der Waals surface area contributed by atoms with Crippen molar-refractivity contribution in [1.82, 2.24) is 4.98 Å². The number of pyridine rings is 1. The van der Waals surface area contributed by atoms with Gasteiger partial charge in [-0.2, -0.15) is 13.2 Å². The van der Waals surface area contributed by atoms with Crippen LogP contribution in [0.25, 0.3) is 10.9 Å². The average Bonchev–Trinajstić information content (AvgIpc) is 3.37. The van der Waals surface area contributed by atoms with Crippen molar-refractivity contribution >= 4 is 16.9 Å². The van der Waals surface area contributed by atoms with Crippen LogP contribution in [-0.2, 0) is 26.3 Å². The number of hydrogen-bond acceptors (Lipinski definition) is 8. The zero-order valence-corrected chi connectivity index (χ0v) is 21.5. The molecule has 0 unspecified atom stereocenters. The van der Waals surface area contributed by atoms with Crippen molar-refractivity contribution in [2.45, 2.75) is 38.1 Å². The van der Waals surface area contributed by atoms with E-state index in [4.69, 9.17) is 28.4 Å². The van der Waals surface area contributed by atoms with E-state index in [1.807, 2.05) is 0 Å². The van der Waals surface area contributed by atoms with Gasteiger partial charge in [0.1, 0.15) is 17.4 Å². The summed E-state index contributed by atoms with van der Waals surface area (Å²) < 4.78 is 75.9. The molecule has 0 radical (unpaired) electrons. The van der Waals surface area contributed by atoms with Crippen LogP contribution in [0, 0.1) is 5.92 Å². The molecule has 0 N–H and O–H groups in total. The number of nitrogens with zero attached hydrogens (tertiary/aromatic N) is 1. The van der Waals surface area contributed by atoms with Gasteiger partial charge in [-0.3, -0.25) is 0 Å². The number of halogens is 3. The lowest BCUT2D eigenvalue weighted by Gasteiger charge is -2.34. The molecule has 0 spiro atoms. The topological polar surface area (TPSA) is 85.3 Å². The number of hydrogen-bond donors (Lipinski definition) is 0. The van der Waals surface area contributed by atoms with E-state index >= 15 is 0 Å². The number of ether oxygens (including phenoxy) is 6. The van der Waals surface area contributed by atoms with Crippen LogP contribution >= 0.6 is 0 Å². The molecule has 0 amide bonds. The second kappa shape index (κ2) is 10.6. The van der Waals surface area contributed by atoms with E-state index in [0.717, 1.165) is 7.11 Å². The number of benzene rings is 2. The molecule has 204 valence electrons. The van der Waals surface area contributed by atoms with E-state index in [1.54, 1.807) is 32.0 Å². The highest BCUT2D eigenvalue weighted by molar-refractivity contribution is 5.94. The first-order valence-electron chi connectivity index (χ1n) is 11.8. The van der Waals surface area contributed by atoms with Gasteiger partial charge in [-0.05, 0) is 18.1 Å². The van der Waals surface area contributed by atoms with Crippen LogP contribution in [0.15, 0.2) is 42.5 Å². The fourth-order valence-electron chi connectivity index (χ4n) is 4.48. The third kappa shape index (κ3) is 4.55. The quantitative estimate of drug-likeness (QED) is 0.346. The molecule has 0 bridgehead atoms. The predicted molar refractivity (Wildman–Crippen MR) is 131 cm³/mol. The molecular formula is C27H28F3NO7. The lowest BCUT2D eigenvalue weighted by molar-refractivity contribution is -0.278. The van der Waals surface area contributed by atoms with Crippen LogP contribution in [0.2, 0.25) is 0 Å². The minimum atomic E-state index is -5.09. The molecule has 4 rings (SSSR count). The second-order valence-electron chi connectivity index (χ2n) is 8.97. The van der Waals surface area contributed by atoms with Gasteiger partial charge in [0, 0.05) is 24.5 Å². The lowest BCUT2D eigenvalue weighted by Crippen LogP contribution is -2.53. The lowest BCUT2D eigenvalue weighted by atomic mass is 9.92. The normalized spacial score (nSPS) is 15.3. The molecule has 1 aliphatic rings. The molecule has 0 fully saturated rings. The summed E-state index contributed by atoms with van der Waals surface area (Å²) in [6, 6.07) is 10.1. The largest absolute Gasteiger partial charge is 0.496 e. The van der Waals surface area contributed by atoms with Gasteiger partial charge in [0.2, 0.25) is 12.7 Å². The predicted octanol–water partition coefficient (Wildman–Crippen LogP) is 5.20. The standard InChI is InChI=1S/C27H28F3NO7/c1-15(2)20(38-25(32)26(35-5,27(28,29)30)16-9-7-6-8-10-16)13-18-22(33-3)17-11-12-19-23(37-14-36-19)21(17)31-24(18)34-4/h6-12,15,20H,13-14H2,1-5H3/t20-,26-/m1/s1. The van der Waals surface area contributed by atoms with Gasteiger partial charge in [0.25, 0.3) is 5.60 Å². The van der Waals surface area contributed by atoms with Crippen LogP contribution < -0.4 is 18.9 Å². The minimum absolute atomic E-state index is 0.0375. The maximum atomic E-state index is 14.4. The molecule has 2 atom stereocenters. The molecule has 8 nitrogen and oxygen atoms in total. The highest BCUT2D eigenvalue weighted by Crippen LogP contribution is 2.46. The molecule has 1 aliphatic heterocycles. The number of methoxy groups -OCH3 is 3. The molecule has 0 saturated heterocycles. The fourth-order valence-corrected chi connectivity index (χ4v) is 4.48. The van der Waals surface area contributed by atoms with E-state index in [1.165, 1.54) is 38.5 Å². The summed E-state index contributed by atoms with van der Waals surface area (Å²) in [6.07, 6.45) is -6.15. The molecule has 0 saturated carbocycles. The Hall–Kier alpha value is -3.73. The molecule has 2 aromatic carbocycles. The maximum Gasteiger partial charge on any atom is 0.432 e. The number of rotatable bonds is 9. The Morgan fingerprint density at radius 2 is 1.74 bits per heavy atom. The summed E-state index contributed by atoms with van der Waals surface area (Å²) in [5.74, 6) is -0.511. The van der Waals surface area contributed by atoms with Gasteiger partial charge in [0.05, 0.1) is 19.8 Å². The molecule has 0 aliphatic carbocycles. The van der Waals surface area contributed by atoms with Crippen LogP contribution in [0.3, 0.4) is 0 Å². The zero-order valence-electron chi connectivity index (χ0n) is 21.5. The van der Waals surface area contributed by atoms with Gasteiger partial charge in [-0.15, -0.1) is 0 Å². The van der Waals surface area contributed by atoms with Gasteiger partial charge in [-0.1, -0.05) is 44.2 Å². The summed E-state index contributed by atoms with van der Waals surface area (Å²) in [7, 11) is 3.69. The van der Waals surface area contributed by atoms with Crippen molar-refractivity contribution in [1.29, 1.82) is 0 Å². The van der Waals surface area contributed by atoms with Crippen LogP contribution in [-0.4, -0.2) is 51.4 Å². The summed E-state index contributed by atoms with van der Waals surface area (Å²) in [6.45, 7) is 3.50. The van der Waals surface area contributed by atoms with Crippen LogP contribution in [0.5, 0.6) is 23.1 Å². The molecule has 1 aromatic heterocycles. The average molecular weight is 536 g/mol. The number of fused-ring (bicyclic) bond motifs is 3. The Bertz CT molecular complexity index is 1310. The Balaban J connectivity index is 1.76. The number of carbonyl (C=O) groups excluding carboxylic acids is 1. The molecule has 2 heterocycles. The van der Waals surface area contributed by atoms with E-state index in [2.05, 4.69) is 4.98 Å². The van der Waals surface area contributed by atoms with Crippen molar-refractivity contribution in [3.8, 4) is 23.1 Å². The van der Waals surface area contributed by atoms with E-state index in [-0.39, 0.29) is 30.6 Å². The van der Waals surface area contributed by atoms with Crippen LogP contribution in [0.4, 0.5) is 13.2 Å². The first-order chi connectivity index (χ1) is 18.1.